The summed E-state index contributed by atoms with van der Waals surface area (Å²) in [4.78, 5) is 38.4. The molecule has 0 N–H and O–H groups in total. The molecule has 6 nitrogen and oxygen atoms in total. The van der Waals surface area contributed by atoms with E-state index in [1.807, 2.05) is 0 Å². The first-order valence-electron chi connectivity index (χ1n) is 38.5. The minimum Gasteiger partial charge on any atom is -0.462 e. The Morgan fingerprint density at radius 1 is 0.193 bits per heavy atom. The predicted octanol–water partition coefficient (Wildman–Crippen LogP) is 26.6. The zero-order chi connectivity index (χ0) is 59.9. The average Bonchev–Trinajstić information content (AvgIpc) is 3.48. The van der Waals surface area contributed by atoms with Gasteiger partial charge in [-0.3, -0.25) is 14.4 Å². The maximum absolute atomic E-state index is 13.0. The first-order chi connectivity index (χ1) is 41.0. The molecule has 0 aromatic rings. The lowest BCUT2D eigenvalue weighted by Crippen LogP contribution is -2.30. The number of carbonyl (C=O) groups excluding carboxylic acids is 3. The van der Waals surface area contributed by atoms with Crippen LogP contribution >= 0.6 is 0 Å². The fourth-order valence-corrected chi connectivity index (χ4v) is 12.3. The first kappa shape index (κ1) is 81.4. The van der Waals surface area contributed by atoms with Crippen molar-refractivity contribution in [3.8, 4) is 0 Å². The summed E-state index contributed by atoms with van der Waals surface area (Å²) in [7, 11) is 0. The summed E-state index contributed by atoms with van der Waals surface area (Å²) in [6, 6.07) is 0. The molecule has 0 spiro atoms. The molecule has 6 heteroatoms. The zero-order valence-electron chi connectivity index (χ0n) is 57.0. The second-order valence-electron chi connectivity index (χ2n) is 26.6. The van der Waals surface area contributed by atoms with Crippen LogP contribution in [0.4, 0.5) is 0 Å². The summed E-state index contributed by atoms with van der Waals surface area (Å²) in [5.74, 6) is -0.821. The molecule has 83 heavy (non-hydrogen) atoms. The van der Waals surface area contributed by atoms with E-state index in [0.717, 1.165) is 57.8 Å². The molecule has 0 fully saturated rings. The number of rotatable bonds is 73. The monoisotopic (exact) mass is 1170 g/mol. The van der Waals surface area contributed by atoms with Crippen LogP contribution < -0.4 is 0 Å². The molecule has 0 rings (SSSR count). The molecule has 1 unspecified atom stereocenters. The van der Waals surface area contributed by atoms with Crippen LogP contribution in [-0.4, -0.2) is 37.2 Å². The third-order valence-corrected chi connectivity index (χ3v) is 18.1. The second-order valence-corrected chi connectivity index (χ2v) is 26.6. The van der Waals surface area contributed by atoms with Gasteiger partial charge >= 0.3 is 17.9 Å². The number of ether oxygens (including phenoxy) is 3. The van der Waals surface area contributed by atoms with E-state index in [1.165, 1.54) is 360 Å². The van der Waals surface area contributed by atoms with Crippen LogP contribution in [0.2, 0.25) is 0 Å². The van der Waals surface area contributed by atoms with Crippen LogP contribution in [0.15, 0.2) is 0 Å². The quantitative estimate of drug-likeness (QED) is 0.0343. The Balaban J connectivity index is 4.05. The molecular formula is C77H150O6. The minimum absolute atomic E-state index is 0.0603. The Kier molecular flexibility index (Phi) is 71.5. The molecule has 0 saturated carbocycles. The Hall–Kier alpha value is -1.59. The highest BCUT2D eigenvalue weighted by Gasteiger charge is 2.20. The number of hydrogen-bond acceptors (Lipinski definition) is 6. The molecule has 0 aromatic carbocycles. The van der Waals surface area contributed by atoms with Crippen molar-refractivity contribution in [2.24, 2.45) is 0 Å². The summed E-state index contributed by atoms with van der Waals surface area (Å²) in [6.45, 7) is 6.74. The molecule has 0 aliphatic rings. The van der Waals surface area contributed by atoms with Crippen molar-refractivity contribution in [3.05, 3.63) is 0 Å². The maximum Gasteiger partial charge on any atom is 0.306 e. The van der Waals surface area contributed by atoms with Crippen molar-refractivity contribution >= 4 is 17.9 Å². The van der Waals surface area contributed by atoms with Crippen LogP contribution in [0.3, 0.4) is 0 Å². The summed E-state index contributed by atoms with van der Waals surface area (Å²) >= 11 is 0. The van der Waals surface area contributed by atoms with Crippen molar-refractivity contribution in [3.63, 3.8) is 0 Å². The van der Waals surface area contributed by atoms with E-state index in [4.69, 9.17) is 14.2 Å². The van der Waals surface area contributed by atoms with E-state index in [-0.39, 0.29) is 31.1 Å². The highest BCUT2D eigenvalue weighted by molar-refractivity contribution is 5.71. The Labute approximate surface area is 520 Å². The van der Waals surface area contributed by atoms with Crippen molar-refractivity contribution in [1.29, 1.82) is 0 Å². The summed E-state index contributed by atoms with van der Waals surface area (Å²) in [5, 5.41) is 0. The van der Waals surface area contributed by atoms with Gasteiger partial charge in [-0.1, -0.05) is 419 Å². The molecule has 0 radical (unpaired) electrons. The molecule has 1 atom stereocenters. The third-order valence-electron chi connectivity index (χ3n) is 18.1. The number of esters is 3. The Morgan fingerprint density at radius 2 is 0.325 bits per heavy atom. The molecule has 0 bridgehead atoms. The van der Waals surface area contributed by atoms with Gasteiger partial charge in [0.2, 0.25) is 0 Å². The third kappa shape index (κ3) is 71.1. The molecule has 0 amide bonds. The maximum atomic E-state index is 13.0. The molecule has 0 aliphatic heterocycles. The molecule has 0 aliphatic carbocycles. The van der Waals surface area contributed by atoms with Crippen LogP contribution in [0, 0.1) is 0 Å². The van der Waals surface area contributed by atoms with Gasteiger partial charge in [-0.15, -0.1) is 0 Å². The van der Waals surface area contributed by atoms with Crippen LogP contribution in [0.5, 0.6) is 0 Å². The van der Waals surface area contributed by atoms with Gasteiger partial charge in [-0.05, 0) is 19.3 Å². The molecule has 0 aromatic heterocycles. The Morgan fingerprint density at radius 3 is 0.482 bits per heavy atom. The van der Waals surface area contributed by atoms with E-state index < -0.39 is 6.10 Å². The van der Waals surface area contributed by atoms with Crippen LogP contribution in [0.1, 0.15) is 457 Å². The van der Waals surface area contributed by atoms with Crippen molar-refractivity contribution in [2.45, 2.75) is 463 Å². The highest BCUT2D eigenvalue weighted by atomic mass is 16.6. The lowest BCUT2D eigenvalue weighted by Gasteiger charge is -2.18. The van der Waals surface area contributed by atoms with Gasteiger partial charge in [0.1, 0.15) is 13.2 Å². The summed E-state index contributed by atoms with van der Waals surface area (Å²) in [5.41, 5.74) is 0. The SMILES string of the molecule is CCCCCCCCCCCCCCCCCCCCCCCCCCCCCCCCC(=O)OCC(COC(=O)CCCCCCCCCCCC)OC(=O)CCCCCCCCCCCCCCCCCCCCCCCCCCC. The minimum atomic E-state index is -0.763. The van der Waals surface area contributed by atoms with Crippen LogP contribution in [0.25, 0.3) is 0 Å². The second kappa shape index (κ2) is 72.9. The van der Waals surface area contributed by atoms with E-state index in [0.29, 0.717) is 19.3 Å². The van der Waals surface area contributed by atoms with Crippen molar-refractivity contribution in [2.75, 3.05) is 13.2 Å². The van der Waals surface area contributed by atoms with Crippen molar-refractivity contribution in [1.82, 2.24) is 0 Å². The number of carbonyl (C=O) groups is 3. The topological polar surface area (TPSA) is 78.9 Å². The average molecular weight is 1170 g/mol. The Bertz CT molecular complexity index is 1250. The van der Waals surface area contributed by atoms with Gasteiger partial charge in [0.05, 0.1) is 0 Å². The van der Waals surface area contributed by atoms with Crippen molar-refractivity contribution < 1.29 is 28.6 Å². The lowest BCUT2D eigenvalue weighted by molar-refractivity contribution is -0.167. The van der Waals surface area contributed by atoms with Gasteiger partial charge in [0, 0.05) is 19.3 Å². The van der Waals surface area contributed by atoms with E-state index in [1.54, 1.807) is 0 Å². The zero-order valence-corrected chi connectivity index (χ0v) is 57.0. The normalized spacial score (nSPS) is 11.9. The number of hydrogen-bond donors (Lipinski definition) is 0. The van der Waals surface area contributed by atoms with Gasteiger partial charge in [-0.2, -0.15) is 0 Å². The largest absolute Gasteiger partial charge is 0.462 e. The molecule has 494 valence electrons. The molecular weight excluding hydrogens is 1020 g/mol. The van der Waals surface area contributed by atoms with Gasteiger partial charge in [-0.25, -0.2) is 0 Å². The standard InChI is InChI=1S/C77H150O6/c1-4-7-10-13-16-19-22-24-26-28-30-32-34-36-37-38-39-40-42-43-45-47-49-51-53-55-58-61-64-67-70-76(79)82-73-74(72-81-75(78)69-66-63-60-57-21-18-15-12-9-6-3)83-77(80)71-68-65-62-59-56-54-52-50-48-46-44-41-35-33-31-29-27-25-23-20-17-14-11-8-5-2/h74H,4-73H2,1-3H3. The summed E-state index contributed by atoms with van der Waals surface area (Å²) < 4.78 is 17.0. The highest BCUT2D eigenvalue weighted by Crippen LogP contribution is 2.20. The van der Waals surface area contributed by atoms with Gasteiger partial charge < -0.3 is 14.2 Å². The first-order valence-corrected chi connectivity index (χ1v) is 38.5. The fourth-order valence-electron chi connectivity index (χ4n) is 12.3. The van der Waals surface area contributed by atoms with Gasteiger partial charge in [0.15, 0.2) is 6.10 Å². The summed E-state index contributed by atoms with van der Waals surface area (Å²) in [6.07, 6.45) is 87.5. The molecule has 0 heterocycles. The number of unbranched alkanes of at least 4 members (excludes halogenated alkanes) is 62. The van der Waals surface area contributed by atoms with E-state index in [9.17, 15) is 14.4 Å². The van der Waals surface area contributed by atoms with Crippen LogP contribution in [-0.2, 0) is 28.6 Å². The fraction of sp³-hybridized carbons (Fsp3) is 0.961. The predicted molar refractivity (Wildman–Crippen MR) is 363 cm³/mol. The smallest absolute Gasteiger partial charge is 0.306 e. The molecule has 0 saturated heterocycles. The lowest BCUT2D eigenvalue weighted by atomic mass is 10.0. The van der Waals surface area contributed by atoms with E-state index in [2.05, 4.69) is 20.8 Å². The van der Waals surface area contributed by atoms with Gasteiger partial charge in [0.25, 0.3) is 0 Å². The van der Waals surface area contributed by atoms with E-state index >= 15 is 0 Å².